The summed E-state index contributed by atoms with van der Waals surface area (Å²) in [6.07, 6.45) is 0. The lowest BCUT2D eigenvalue weighted by atomic mass is 10.0. The molecule has 1 fully saturated rings. The summed E-state index contributed by atoms with van der Waals surface area (Å²) in [5, 5.41) is 6.40. The molecular weight excluding hydrogens is 167 g/mol. The van der Waals surface area contributed by atoms with Crippen LogP contribution in [0.25, 0.3) is 0 Å². The molecule has 0 aromatic heterocycles. The van der Waals surface area contributed by atoms with E-state index in [9.17, 15) is 4.39 Å². The van der Waals surface area contributed by atoms with Gasteiger partial charge in [-0.15, -0.1) is 0 Å². The predicted molar refractivity (Wildman–Crippen MR) is 51.2 cm³/mol. The fourth-order valence-electron chi connectivity index (χ4n) is 1.35. The monoisotopic (exact) mass is 180 g/mol. The van der Waals surface area contributed by atoms with Crippen molar-refractivity contribution in [2.24, 2.45) is 5.92 Å². The molecular formula is C10H13FN2. The van der Waals surface area contributed by atoms with Crippen molar-refractivity contribution < 1.29 is 4.39 Å². The lowest BCUT2D eigenvalue weighted by Gasteiger charge is -2.27. The quantitative estimate of drug-likeness (QED) is 0.735. The summed E-state index contributed by atoms with van der Waals surface area (Å²) in [4.78, 5) is 0. The van der Waals surface area contributed by atoms with Crippen molar-refractivity contribution in [2.45, 2.75) is 0 Å². The zero-order chi connectivity index (χ0) is 9.10. The molecule has 2 rings (SSSR count). The van der Waals surface area contributed by atoms with Crippen LogP contribution >= 0.6 is 0 Å². The summed E-state index contributed by atoms with van der Waals surface area (Å²) < 4.78 is 12.7. The first-order chi connectivity index (χ1) is 6.34. The number of halogens is 1. The van der Waals surface area contributed by atoms with Gasteiger partial charge in [-0.05, 0) is 18.2 Å². The standard InChI is InChI=1S/C10H13FN2/c11-9-2-1-3-10(4-9)13-7-8-5-12-6-8/h1-4,8,12-13H,5-7H2. The van der Waals surface area contributed by atoms with Crippen molar-refractivity contribution in [3.05, 3.63) is 30.1 Å². The van der Waals surface area contributed by atoms with Gasteiger partial charge in [-0.25, -0.2) is 4.39 Å². The van der Waals surface area contributed by atoms with E-state index in [4.69, 9.17) is 0 Å². The van der Waals surface area contributed by atoms with Crippen LogP contribution in [0.2, 0.25) is 0 Å². The van der Waals surface area contributed by atoms with Crippen LogP contribution in [0.15, 0.2) is 24.3 Å². The predicted octanol–water partition coefficient (Wildman–Crippen LogP) is 1.46. The van der Waals surface area contributed by atoms with E-state index in [2.05, 4.69) is 10.6 Å². The largest absolute Gasteiger partial charge is 0.385 e. The van der Waals surface area contributed by atoms with E-state index in [0.717, 1.165) is 25.3 Å². The Morgan fingerprint density at radius 2 is 2.31 bits per heavy atom. The number of anilines is 1. The maximum atomic E-state index is 12.7. The van der Waals surface area contributed by atoms with Crippen LogP contribution in [0, 0.1) is 11.7 Å². The van der Waals surface area contributed by atoms with Gasteiger partial charge in [0.05, 0.1) is 0 Å². The molecule has 3 heteroatoms. The minimum absolute atomic E-state index is 0.184. The van der Waals surface area contributed by atoms with E-state index in [1.54, 1.807) is 6.07 Å². The van der Waals surface area contributed by atoms with Gasteiger partial charge in [0.1, 0.15) is 5.82 Å². The van der Waals surface area contributed by atoms with E-state index in [-0.39, 0.29) is 5.82 Å². The van der Waals surface area contributed by atoms with Crippen LogP contribution in [0.3, 0.4) is 0 Å². The topological polar surface area (TPSA) is 24.1 Å². The van der Waals surface area contributed by atoms with E-state index >= 15 is 0 Å². The summed E-state index contributed by atoms with van der Waals surface area (Å²) >= 11 is 0. The lowest BCUT2D eigenvalue weighted by Crippen LogP contribution is -2.45. The SMILES string of the molecule is Fc1cccc(NCC2CNC2)c1. The molecule has 1 saturated heterocycles. The lowest BCUT2D eigenvalue weighted by molar-refractivity contribution is 0.365. The van der Waals surface area contributed by atoms with E-state index in [1.165, 1.54) is 12.1 Å². The molecule has 1 aliphatic rings. The number of hydrogen-bond acceptors (Lipinski definition) is 2. The molecule has 0 bridgehead atoms. The highest BCUT2D eigenvalue weighted by molar-refractivity contribution is 5.43. The second kappa shape index (κ2) is 3.75. The molecule has 0 unspecified atom stereocenters. The van der Waals surface area contributed by atoms with Crippen molar-refractivity contribution in [1.82, 2.24) is 5.32 Å². The Morgan fingerprint density at radius 3 is 2.92 bits per heavy atom. The van der Waals surface area contributed by atoms with Gasteiger partial charge in [0.25, 0.3) is 0 Å². The van der Waals surface area contributed by atoms with Gasteiger partial charge in [-0.2, -0.15) is 0 Å². The maximum Gasteiger partial charge on any atom is 0.125 e. The molecule has 2 N–H and O–H groups in total. The summed E-state index contributed by atoms with van der Waals surface area (Å²) in [6, 6.07) is 6.58. The fourth-order valence-corrected chi connectivity index (χ4v) is 1.35. The molecule has 70 valence electrons. The summed E-state index contributed by atoms with van der Waals surface area (Å²) in [5.74, 6) is 0.514. The van der Waals surface area contributed by atoms with Crippen molar-refractivity contribution in [3.8, 4) is 0 Å². The van der Waals surface area contributed by atoms with Crippen molar-refractivity contribution in [1.29, 1.82) is 0 Å². The first-order valence-corrected chi connectivity index (χ1v) is 4.55. The Bertz CT molecular complexity index is 284. The third kappa shape index (κ3) is 2.18. The first-order valence-electron chi connectivity index (χ1n) is 4.55. The molecule has 0 amide bonds. The molecule has 2 nitrogen and oxygen atoms in total. The van der Waals surface area contributed by atoms with Gasteiger partial charge in [-0.1, -0.05) is 6.07 Å². The highest BCUT2D eigenvalue weighted by atomic mass is 19.1. The molecule has 0 atom stereocenters. The Kier molecular flexibility index (Phi) is 2.45. The second-order valence-electron chi connectivity index (χ2n) is 3.42. The van der Waals surface area contributed by atoms with Crippen molar-refractivity contribution >= 4 is 5.69 Å². The number of hydrogen-bond donors (Lipinski definition) is 2. The van der Waals surface area contributed by atoms with Crippen LogP contribution in [0.1, 0.15) is 0 Å². The van der Waals surface area contributed by atoms with E-state index < -0.39 is 0 Å². The smallest absolute Gasteiger partial charge is 0.125 e. The third-order valence-corrected chi connectivity index (χ3v) is 2.29. The van der Waals surface area contributed by atoms with Crippen LogP contribution in [0.4, 0.5) is 10.1 Å². The fraction of sp³-hybridized carbons (Fsp3) is 0.400. The number of nitrogens with one attached hydrogen (secondary N) is 2. The molecule has 13 heavy (non-hydrogen) atoms. The highest BCUT2D eigenvalue weighted by Gasteiger charge is 2.15. The number of rotatable bonds is 3. The average molecular weight is 180 g/mol. The van der Waals surface area contributed by atoms with Gasteiger partial charge in [0, 0.05) is 31.2 Å². The molecule has 1 aliphatic heterocycles. The summed E-state index contributed by atoms with van der Waals surface area (Å²) in [7, 11) is 0. The van der Waals surface area contributed by atoms with Crippen LogP contribution in [-0.2, 0) is 0 Å². The van der Waals surface area contributed by atoms with E-state index in [1.807, 2.05) is 6.07 Å². The molecule has 1 heterocycles. The van der Waals surface area contributed by atoms with Gasteiger partial charge >= 0.3 is 0 Å². The zero-order valence-corrected chi connectivity index (χ0v) is 7.39. The molecule has 0 aliphatic carbocycles. The normalized spacial score (nSPS) is 16.7. The minimum Gasteiger partial charge on any atom is -0.385 e. The molecule has 0 saturated carbocycles. The molecule has 0 radical (unpaired) electrons. The zero-order valence-electron chi connectivity index (χ0n) is 7.39. The Hall–Kier alpha value is -1.09. The van der Waals surface area contributed by atoms with Crippen LogP contribution in [0.5, 0.6) is 0 Å². The third-order valence-electron chi connectivity index (χ3n) is 2.29. The summed E-state index contributed by atoms with van der Waals surface area (Å²) in [5.41, 5.74) is 0.868. The van der Waals surface area contributed by atoms with Gasteiger partial charge in [0.2, 0.25) is 0 Å². The first kappa shape index (κ1) is 8.51. The average Bonchev–Trinajstić information content (AvgIpc) is 2.01. The highest BCUT2D eigenvalue weighted by Crippen LogP contribution is 2.11. The Morgan fingerprint density at radius 1 is 1.46 bits per heavy atom. The molecule has 1 aromatic carbocycles. The van der Waals surface area contributed by atoms with Gasteiger partial charge in [-0.3, -0.25) is 0 Å². The van der Waals surface area contributed by atoms with Crippen LogP contribution in [-0.4, -0.2) is 19.6 Å². The minimum atomic E-state index is -0.184. The van der Waals surface area contributed by atoms with E-state index in [0.29, 0.717) is 5.92 Å². The second-order valence-corrected chi connectivity index (χ2v) is 3.42. The number of benzene rings is 1. The van der Waals surface area contributed by atoms with Gasteiger partial charge in [0.15, 0.2) is 0 Å². The van der Waals surface area contributed by atoms with Crippen molar-refractivity contribution in [2.75, 3.05) is 25.0 Å². The van der Waals surface area contributed by atoms with Crippen LogP contribution < -0.4 is 10.6 Å². The Balaban J connectivity index is 1.86. The molecule has 1 aromatic rings. The van der Waals surface area contributed by atoms with Gasteiger partial charge < -0.3 is 10.6 Å². The Labute approximate surface area is 77.2 Å². The summed E-state index contributed by atoms with van der Waals surface area (Å²) in [6.45, 7) is 3.07. The maximum absolute atomic E-state index is 12.7. The van der Waals surface area contributed by atoms with Crippen molar-refractivity contribution in [3.63, 3.8) is 0 Å². The molecule has 0 spiro atoms.